The second kappa shape index (κ2) is 9.44. The number of nitrogens with zero attached hydrogens (tertiary/aromatic N) is 3. The molecule has 0 radical (unpaired) electrons. The number of nitrogens with two attached hydrogens (primary N) is 1. The highest BCUT2D eigenvalue weighted by atomic mass is 35.5. The van der Waals surface area contributed by atoms with Gasteiger partial charge in [-0.15, -0.1) is 0 Å². The molecule has 35 heavy (non-hydrogen) atoms. The molecule has 0 unspecified atom stereocenters. The van der Waals surface area contributed by atoms with Crippen molar-refractivity contribution in [2.45, 2.75) is 25.6 Å². The summed E-state index contributed by atoms with van der Waals surface area (Å²) in [6, 6.07) is 7.76. The van der Waals surface area contributed by atoms with Crippen LogP contribution < -0.4 is 10.5 Å². The van der Waals surface area contributed by atoms with Crippen molar-refractivity contribution in [1.29, 1.82) is 0 Å². The third kappa shape index (κ3) is 5.24. The molecule has 4 aromatic rings. The molecule has 0 saturated heterocycles. The van der Waals surface area contributed by atoms with Crippen molar-refractivity contribution in [3.63, 3.8) is 0 Å². The summed E-state index contributed by atoms with van der Waals surface area (Å²) in [6.07, 6.45) is 2.92. The van der Waals surface area contributed by atoms with Crippen LogP contribution in [0.1, 0.15) is 41.4 Å². The number of anilines is 2. The minimum Gasteiger partial charge on any atom is -0.383 e. The lowest BCUT2D eigenvalue weighted by molar-refractivity contribution is 0.104. The van der Waals surface area contributed by atoms with Crippen LogP contribution in [0, 0.1) is 5.82 Å². The molecule has 0 spiro atoms. The van der Waals surface area contributed by atoms with E-state index in [1.165, 1.54) is 30.6 Å². The minimum atomic E-state index is -4.06. The lowest BCUT2D eigenvalue weighted by Crippen LogP contribution is -2.16. The Morgan fingerprint density at radius 1 is 1.14 bits per heavy atom. The first-order valence-electron chi connectivity index (χ1n) is 10.4. The Morgan fingerprint density at radius 2 is 1.83 bits per heavy atom. The molecule has 182 valence electrons. The zero-order valence-corrected chi connectivity index (χ0v) is 20.9. The summed E-state index contributed by atoms with van der Waals surface area (Å²) in [6.45, 7) is 3.84. The zero-order chi connectivity index (χ0) is 25.5. The van der Waals surface area contributed by atoms with Crippen molar-refractivity contribution < 1.29 is 17.6 Å². The molecule has 2 aromatic carbocycles. The van der Waals surface area contributed by atoms with Gasteiger partial charge in [0.2, 0.25) is 10.0 Å². The maximum atomic E-state index is 14.5. The molecule has 0 aliphatic heterocycles. The Kier molecular flexibility index (Phi) is 6.72. The Balaban J connectivity index is 1.69. The van der Waals surface area contributed by atoms with E-state index in [1.54, 1.807) is 10.8 Å². The van der Waals surface area contributed by atoms with Gasteiger partial charge >= 0.3 is 0 Å². The molecule has 0 fully saturated rings. The number of benzene rings is 2. The second-order valence-electron chi connectivity index (χ2n) is 8.16. The van der Waals surface area contributed by atoms with Gasteiger partial charge < -0.3 is 10.3 Å². The summed E-state index contributed by atoms with van der Waals surface area (Å²) in [5.41, 5.74) is 6.74. The van der Waals surface area contributed by atoms with Gasteiger partial charge in [0.15, 0.2) is 5.78 Å². The SMILES string of the molecule is CC(C)n1cc(C(=O)c2ccc(F)c(NS(=O)(=O)Cc3cc(Cl)cc(Cl)c3)c2)c2c(N)ncnc21. The lowest BCUT2D eigenvalue weighted by atomic mass is 10.0. The fraction of sp³-hybridized carbons (Fsp3) is 0.174. The third-order valence-corrected chi connectivity index (χ3v) is 6.89. The van der Waals surface area contributed by atoms with Gasteiger partial charge in [-0.2, -0.15) is 0 Å². The van der Waals surface area contributed by atoms with Gasteiger partial charge in [-0.25, -0.2) is 22.8 Å². The van der Waals surface area contributed by atoms with E-state index in [1.807, 2.05) is 13.8 Å². The number of carbonyl (C=O) groups excluding carboxylic acids is 1. The van der Waals surface area contributed by atoms with Crippen LogP contribution in [0.3, 0.4) is 0 Å². The van der Waals surface area contributed by atoms with E-state index in [0.717, 1.165) is 12.1 Å². The van der Waals surface area contributed by atoms with E-state index >= 15 is 0 Å². The molecule has 0 saturated carbocycles. The van der Waals surface area contributed by atoms with Crippen LogP contribution in [0.4, 0.5) is 15.9 Å². The highest BCUT2D eigenvalue weighted by Crippen LogP contribution is 2.30. The quantitative estimate of drug-likeness (QED) is 0.313. The molecule has 3 N–H and O–H groups in total. The van der Waals surface area contributed by atoms with Crippen LogP contribution >= 0.6 is 23.2 Å². The standard InChI is InChI=1S/C23H20Cl2FN5O3S/c1-12(2)31-9-17(20-22(27)28-11-29-23(20)31)21(32)14-3-4-18(26)19(7-14)30-35(33,34)10-13-5-15(24)8-16(25)6-13/h3-9,11-12,30H,10H2,1-2H3,(H2,27,28,29). The van der Waals surface area contributed by atoms with E-state index < -0.39 is 27.4 Å². The van der Waals surface area contributed by atoms with E-state index in [2.05, 4.69) is 14.7 Å². The van der Waals surface area contributed by atoms with Gasteiger partial charge in [0.1, 0.15) is 23.6 Å². The molecule has 8 nitrogen and oxygen atoms in total. The van der Waals surface area contributed by atoms with Gasteiger partial charge in [-0.1, -0.05) is 23.2 Å². The van der Waals surface area contributed by atoms with Gasteiger partial charge in [-0.3, -0.25) is 9.52 Å². The number of hydrogen-bond donors (Lipinski definition) is 2. The lowest BCUT2D eigenvalue weighted by Gasteiger charge is -2.11. The molecule has 4 rings (SSSR count). The topological polar surface area (TPSA) is 120 Å². The third-order valence-electron chi connectivity index (χ3n) is 5.21. The largest absolute Gasteiger partial charge is 0.383 e. The summed E-state index contributed by atoms with van der Waals surface area (Å²) in [4.78, 5) is 21.6. The molecule has 12 heteroatoms. The van der Waals surface area contributed by atoms with Crippen LogP contribution in [0.2, 0.25) is 10.0 Å². The smallest absolute Gasteiger partial charge is 0.237 e. The van der Waals surface area contributed by atoms with Gasteiger partial charge in [0, 0.05) is 27.8 Å². The van der Waals surface area contributed by atoms with Crippen molar-refractivity contribution in [2.24, 2.45) is 0 Å². The number of aromatic nitrogens is 3. The average Bonchev–Trinajstić information content (AvgIpc) is 3.15. The van der Waals surface area contributed by atoms with Crippen LogP contribution in [0.15, 0.2) is 48.9 Å². The van der Waals surface area contributed by atoms with Crippen molar-refractivity contribution in [3.05, 3.63) is 81.5 Å². The predicted molar refractivity (Wildman–Crippen MR) is 135 cm³/mol. The number of nitrogen functional groups attached to an aromatic ring is 1. The maximum Gasteiger partial charge on any atom is 0.237 e. The summed E-state index contributed by atoms with van der Waals surface area (Å²) in [5.74, 6) is -1.71. The van der Waals surface area contributed by atoms with Crippen LogP contribution in [0.5, 0.6) is 0 Å². The molecule has 0 atom stereocenters. The van der Waals surface area contributed by atoms with Crippen LogP contribution in [-0.2, 0) is 15.8 Å². The molecule has 2 aromatic heterocycles. The van der Waals surface area contributed by atoms with E-state index in [-0.39, 0.29) is 38.7 Å². The minimum absolute atomic E-state index is 0.0241. The highest BCUT2D eigenvalue weighted by molar-refractivity contribution is 7.91. The predicted octanol–water partition coefficient (Wildman–Crippen LogP) is 5.21. The first-order valence-corrected chi connectivity index (χ1v) is 12.8. The Bertz CT molecular complexity index is 1550. The molecular formula is C23H20Cl2FN5O3S. The highest BCUT2D eigenvalue weighted by Gasteiger charge is 2.23. The Labute approximate surface area is 210 Å². The number of rotatable bonds is 7. The van der Waals surface area contributed by atoms with E-state index in [9.17, 15) is 17.6 Å². The number of halogens is 3. The fourth-order valence-corrected chi connectivity index (χ4v) is 5.43. The summed E-state index contributed by atoms with van der Waals surface area (Å²) >= 11 is 11.9. The molecule has 0 amide bonds. The number of sulfonamides is 1. The monoisotopic (exact) mass is 535 g/mol. The number of hydrogen-bond acceptors (Lipinski definition) is 6. The zero-order valence-electron chi connectivity index (χ0n) is 18.6. The Morgan fingerprint density at radius 3 is 2.49 bits per heavy atom. The normalized spacial score (nSPS) is 11.8. The molecule has 0 bridgehead atoms. The second-order valence-corrected chi connectivity index (χ2v) is 10.8. The van der Waals surface area contributed by atoms with Crippen molar-refractivity contribution >= 4 is 61.5 Å². The van der Waals surface area contributed by atoms with Crippen molar-refractivity contribution in [1.82, 2.24) is 14.5 Å². The number of carbonyl (C=O) groups is 1. The van der Waals surface area contributed by atoms with Gasteiger partial charge in [0.25, 0.3) is 0 Å². The van der Waals surface area contributed by atoms with Gasteiger partial charge in [0.05, 0.1) is 22.4 Å². The van der Waals surface area contributed by atoms with E-state index in [0.29, 0.717) is 16.6 Å². The average molecular weight is 536 g/mol. The summed E-state index contributed by atoms with van der Waals surface area (Å²) in [7, 11) is -4.06. The first-order chi connectivity index (χ1) is 16.4. The number of nitrogens with one attached hydrogen (secondary N) is 1. The molecular weight excluding hydrogens is 516 g/mol. The summed E-state index contributed by atoms with van der Waals surface area (Å²) < 4.78 is 43.9. The van der Waals surface area contributed by atoms with E-state index in [4.69, 9.17) is 28.9 Å². The summed E-state index contributed by atoms with van der Waals surface area (Å²) in [5, 5.41) is 0.908. The number of ketones is 1. The van der Waals surface area contributed by atoms with Crippen molar-refractivity contribution in [3.8, 4) is 0 Å². The van der Waals surface area contributed by atoms with Gasteiger partial charge in [-0.05, 0) is 55.8 Å². The molecule has 2 heterocycles. The first kappa shape index (κ1) is 24.9. The maximum absolute atomic E-state index is 14.5. The van der Waals surface area contributed by atoms with Crippen molar-refractivity contribution in [2.75, 3.05) is 10.5 Å². The Hall–Kier alpha value is -3.21. The molecule has 0 aliphatic carbocycles. The fourth-order valence-electron chi connectivity index (χ4n) is 3.69. The molecule has 0 aliphatic rings. The number of fused-ring (bicyclic) bond motifs is 1. The van der Waals surface area contributed by atoms with Crippen LogP contribution in [0.25, 0.3) is 11.0 Å². The van der Waals surface area contributed by atoms with Crippen LogP contribution in [-0.4, -0.2) is 28.7 Å².